The monoisotopic (exact) mass is 386 g/mol. The van der Waals surface area contributed by atoms with Gasteiger partial charge in [0, 0.05) is 42.8 Å². The summed E-state index contributed by atoms with van der Waals surface area (Å²) in [6.45, 7) is 1.92. The minimum absolute atomic E-state index is 0.220. The third-order valence-electron chi connectivity index (χ3n) is 4.70. The van der Waals surface area contributed by atoms with Gasteiger partial charge in [0.25, 0.3) is 0 Å². The summed E-state index contributed by atoms with van der Waals surface area (Å²) in [7, 11) is 1.90. The van der Waals surface area contributed by atoms with Crippen LogP contribution in [0.2, 0.25) is 0 Å². The number of nitrogens with zero attached hydrogens (tertiary/aromatic N) is 3. The molecule has 5 nitrogen and oxygen atoms in total. The van der Waals surface area contributed by atoms with Gasteiger partial charge in [0.1, 0.15) is 11.6 Å². The molecule has 1 amide bonds. The maximum absolute atomic E-state index is 13.5. The second-order valence-corrected chi connectivity index (χ2v) is 6.77. The van der Waals surface area contributed by atoms with Gasteiger partial charge in [-0.05, 0) is 60.5 Å². The lowest BCUT2D eigenvalue weighted by atomic mass is 10.1. The molecule has 2 heterocycles. The van der Waals surface area contributed by atoms with Crippen LogP contribution in [0.3, 0.4) is 0 Å². The molecule has 0 aliphatic heterocycles. The molecule has 0 bridgehead atoms. The number of rotatable bonds is 4. The molecule has 0 radical (unpaired) electrons. The minimum Gasteiger partial charge on any atom is -0.327 e. The standard InChI is InChI=1S/C23H19FN4O/c1-15-12-17(23-27-20-13-18(24)7-9-21(20)28(23)2)6-8-19(15)26-22(29)10-5-16-4-3-11-25-14-16/h3-14H,1-2H3,(H,26,29). The molecular formula is C23H19FN4O. The first-order chi connectivity index (χ1) is 14.0. The number of halogens is 1. The van der Waals surface area contributed by atoms with Gasteiger partial charge < -0.3 is 9.88 Å². The fourth-order valence-electron chi connectivity index (χ4n) is 3.20. The molecule has 0 aliphatic carbocycles. The molecule has 4 aromatic rings. The first-order valence-electron chi connectivity index (χ1n) is 9.13. The Hall–Kier alpha value is -3.80. The van der Waals surface area contributed by atoms with E-state index in [1.807, 2.05) is 48.9 Å². The topological polar surface area (TPSA) is 59.8 Å². The molecule has 0 atom stereocenters. The van der Waals surface area contributed by atoms with Crippen molar-refractivity contribution in [3.63, 3.8) is 0 Å². The number of anilines is 1. The average molecular weight is 386 g/mol. The number of amides is 1. The third kappa shape index (κ3) is 3.91. The van der Waals surface area contributed by atoms with Gasteiger partial charge in [-0.15, -0.1) is 0 Å². The summed E-state index contributed by atoms with van der Waals surface area (Å²) >= 11 is 0. The molecule has 144 valence electrons. The van der Waals surface area contributed by atoms with E-state index in [1.54, 1.807) is 24.5 Å². The number of imidazole rings is 1. The summed E-state index contributed by atoms with van der Waals surface area (Å²) in [5, 5.41) is 2.88. The van der Waals surface area contributed by atoms with Crippen molar-refractivity contribution >= 4 is 28.7 Å². The van der Waals surface area contributed by atoms with Crippen LogP contribution in [0, 0.1) is 12.7 Å². The second-order valence-electron chi connectivity index (χ2n) is 6.77. The van der Waals surface area contributed by atoms with Crippen molar-refractivity contribution in [2.45, 2.75) is 6.92 Å². The first kappa shape index (κ1) is 18.6. The Balaban J connectivity index is 1.56. The highest BCUT2D eigenvalue weighted by Crippen LogP contribution is 2.27. The minimum atomic E-state index is -0.310. The number of aryl methyl sites for hydroxylation is 2. The predicted molar refractivity (Wildman–Crippen MR) is 113 cm³/mol. The lowest BCUT2D eigenvalue weighted by molar-refractivity contribution is -0.111. The highest BCUT2D eigenvalue weighted by molar-refractivity contribution is 6.02. The van der Waals surface area contributed by atoms with Crippen LogP contribution in [0.5, 0.6) is 0 Å². The molecule has 6 heteroatoms. The van der Waals surface area contributed by atoms with Gasteiger partial charge in [0.15, 0.2) is 0 Å². The highest BCUT2D eigenvalue weighted by atomic mass is 19.1. The van der Waals surface area contributed by atoms with Crippen LogP contribution in [-0.2, 0) is 11.8 Å². The fourth-order valence-corrected chi connectivity index (χ4v) is 3.20. The number of carbonyl (C=O) groups excluding carboxylic acids is 1. The molecular weight excluding hydrogens is 367 g/mol. The van der Waals surface area contributed by atoms with Crippen LogP contribution < -0.4 is 5.32 Å². The number of pyridine rings is 1. The summed E-state index contributed by atoms with van der Waals surface area (Å²) in [6, 6.07) is 14.0. The number of fused-ring (bicyclic) bond motifs is 1. The van der Waals surface area contributed by atoms with Crippen molar-refractivity contribution in [3.05, 3.63) is 83.9 Å². The zero-order valence-electron chi connectivity index (χ0n) is 16.1. The smallest absolute Gasteiger partial charge is 0.248 e. The van der Waals surface area contributed by atoms with E-state index < -0.39 is 0 Å². The van der Waals surface area contributed by atoms with E-state index in [0.29, 0.717) is 5.52 Å². The third-order valence-corrected chi connectivity index (χ3v) is 4.70. The SMILES string of the molecule is Cc1cc(-c2nc3cc(F)ccc3n2C)ccc1NC(=O)C=Cc1cccnc1. The van der Waals surface area contributed by atoms with E-state index in [2.05, 4.69) is 15.3 Å². The van der Waals surface area contributed by atoms with Crippen LogP contribution in [0.25, 0.3) is 28.5 Å². The Kier molecular flexibility index (Phi) is 4.91. The van der Waals surface area contributed by atoms with Crippen molar-refractivity contribution in [3.8, 4) is 11.4 Å². The zero-order valence-corrected chi connectivity index (χ0v) is 16.1. The molecule has 0 saturated heterocycles. The lowest BCUT2D eigenvalue weighted by Gasteiger charge is -2.09. The summed E-state index contributed by atoms with van der Waals surface area (Å²) in [5.41, 5.74) is 4.84. The largest absolute Gasteiger partial charge is 0.327 e. The van der Waals surface area contributed by atoms with E-state index in [0.717, 1.165) is 33.7 Å². The molecule has 0 spiro atoms. The van der Waals surface area contributed by atoms with Gasteiger partial charge in [0.2, 0.25) is 5.91 Å². The quantitative estimate of drug-likeness (QED) is 0.516. The Morgan fingerprint density at radius 2 is 2.03 bits per heavy atom. The van der Waals surface area contributed by atoms with Crippen molar-refractivity contribution in [1.29, 1.82) is 0 Å². The van der Waals surface area contributed by atoms with Gasteiger partial charge in [-0.3, -0.25) is 9.78 Å². The summed E-state index contributed by atoms with van der Waals surface area (Å²) < 4.78 is 15.4. The molecule has 4 rings (SSSR count). The molecule has 0 saturated carbocycles. The van der Waals surface area contributed by atoms with Crippen LogP contribution in [0.1, 0.15) is 11.1 Å². The highest BCUT2D eigenvalue weighted by Gasteiger charge is 2.12. The normalized spacial score (nSPS) is 11.3. The van der Waals surface area contributed by atoms with Crippen LogP contribution in [0.4, 0.5) is 10.1 Å². The molecule has 0 unspecified atom stereocenters. The van der Waals surface area contributed by atoms with Crippen LogP contribution >= 0.6 is 0 Å². The molecule has 2 aromatic carbocycles. The van der Waals surface area contributed by atoms with Crippen molar-refractivity contribution in [1.82, 2.24) is 14.5 Å². The van der Waals surface area contributed by atoms with E-state index in [-0.39, 0.29) is 11.7 Å². The Morgan fingerprint density at radius 3 is 2.79 bits per heavy atom. The number of benzene rings is 2. The predicted octanol–water partition coefficient (Wildman–Crippen LogP) is 4.73. The van der Waals surface area contributed by atoms with Crippen LogP contribution in [-0.4, -0.2) is 20.4 Å². The number of nitrogens with one attached hydrogen (secondary N) is 1. The Morgan fingerprint density at radius 1 is 1.17 bits per heavy atom. The number of hydrogen-bond acceptors (Lipinski definition) is 3. The molecule has 1 N–H and O–H groups in total. The van der Waals surface area contributed by atoms with Gasteiger partial charge in [-0.2, -0.15) is 0 Å². The second kappa shape index (κ2) is 7.67. The fraction of sp³-hybridized carbons (Fsp3) is 0.0870. The van der Waals surface area contributed by atoms with Crippen molar-refractivity contribution in [2.24, 2.45) is 7.05 Å². The van der Waals surface area contributed by atoms with Crippen LogP contribution in [0.15, 0.2) is 67.0 Å². The molecule has 0 fully saturated rings. The molecule has 0 aliphatic rings. The summed E-state index contributed by atoms with van der Waals surface area (Å²) in [4.78, 5) is 20.8. The Labute approximate surface area is 167 Å². The Bertz CT molecular complexity index is 1230. The van der Waals surface area contributed by atoms with Crippen molar-refractivity contribution < 1.29 is 9.18 Å². The lowest BCUT2D eigenvalue weighted by Crippen LogP contribution is -2.09. The molecule has 2 aromatic heterocycles. The van der Waals surface area contributed by atoms with E-state index in [1.165, 1.54) is 18.2 Å². The van der Waals surface area contributed by atoms with E-state index in [4.69, 9.17) is 0 Å². The van der Waals surface area contributed by atoms with E-state index in [9.17, 15) is 9.18 Å². The number of carbonyl (C=O) groups is 1. The molecule has 29 heavy (non-hydrogen) atoms. The summed E-state index contributed by atoms with van der Waals surface area (Å²) in [6.07, 6.45) is 6.56. The van der Waals surface area contributed by atoms with Crippen molar-refractivity contribution in [2.75, 3.05) is 5.32 Å². The maximum atomic E-state index is 13.5. The van der Waals surface area contributed by atoms with E-state index >= 15 is 0 Å². The number of aromatic nitrogens is 3. The zero-order chi connectivity index (χ0) is 20.4. The van der Waals surface area contributed by atoms with Gasteiger partial charge in [-0.1, -0.05) is 6.07 Å². The van der Waals surface area contributed by atoms with Gasteiger partial charge in [0.05, 0.1) is 11.0 Å². The first-order valence-corrected chi connectivity index (χ1v) is 9.13. The van der Waals surface area contributed by atoms with Gasteiger partial charge >= 0.3 is 0 Å². The van der Waals surface area contributed by atoms with Gasteiger partial charge in [-0.25, -0.2) is 9.37 Å². The number of hydrogen-bond donors (Lipinski definition) is 1. The maximum Gasteiger partial charge on any atom is 0.248 e. The summed E-state index contributed by atoms with van der Waals surface area (Å²) in [5.74, 6) is 0.210. The average Bonchev–Trinajstić information content (AvgIpc) is 3.04.